The third kappa shape index (κ3) is 34.7. The van der Waals surface area contributed by atoms with Gasteiger partial charge in [0.15, 0.2) is 12.4 Å². The molecule has 0 saturated carbocycles. The topological polar surface area (TPSA) is 175 Å². The zero-order valence-corrected chi connectivity index (χ0v) is 43.4. The van der Waals surface area contributed by atoms with Crippen LogP contribution in [0, 0.1) is 0 Å². The van der Waals surface area contributed by atoms with Crippen molar-refractivity contribution >= 4 is 11.9 Å². The normalized spacial score (nSPS) is 20.5. The SMILES string of the molecule is CC/C=C\C/C=C\C/C=C\C/C=C\C/C=C\CCCCCC(=O)OC1C(OCC(NC(=O)C(O)CCCCCC/C=C\CCCC)C(O)/C=C/CCCCCCCCCCC)OC(CO)C(O)C1O. The minimum Gasteiger partial charge on any atom is -0.454 e. The molecule has 0 aromatic heterocycles. The molecule has 0 bridgehead atoms. The molecule has 0 aromatic rings. The summed E-state index contributed by atoms with van der Waals surface area (Å²) in [6.07, 6.45) is 47.8. The first-order valence-corrected chi connectivity index (χ1v) is 27.4. The first-order valence-electron chi connectivity index (χ1n) is 27.4. The van der Waals surface area contributed by atoms with E-state index >= 15 is 0 Å². The Balaban J connectivity index is 2.75. The predicted octanol–water partition coefficient (Wildman–Crippen LogP) is 11.8. The van der Waals surface area contributed by atoms with Crippen molar-refractivity contribution in [3.8, 4) is 0 Å². The van der Waals surface area contributed by atoms with E-state index in [1.807, 2.05) is 6.08 Å². The van der Waals surface area contributed by atoms with E-state index < -0.39 is 67.4 Å². The van der Waals surface area contributed by atoms with Gasteiger partial charge < -0.3 is 45.1 Å². The average molecular weight is 970 g/mol. The molecule has 11 heteroatoms. The second kappa shape index (κ2) is 45.9. The highest BCUT2D eigenvalue weighted by Gasteiger charge is 2.47. The number of hydrogen-bond donors (Lipinski definition) is 6. The lowest BCUT2D eigenvalue weighted by Gasteiger charge is -2.41. The van der Waals surface area contributed by atoms with E-state index in [1.165, 1.54) is 51.4 Å². The molecule has 0 radical (unpaired) electrons. The Labute approximate surface area is 419 Å². The highest BCUT2D eigenvalue weighted by molar-refractivity contribution is 5.80. The summed E-state index contributed by atoms with van der Waals surface area (Å²) >= 11 is 0. The Bertz CT molecular complexity index is 1440. The monoisotopic (exact) mass is 970 g/mol. The van der Waals surface area contributed by atoms with Gasteiger partial charge in [0, 0.05) is 6.42 Å². The van der Waals surface area contributed by atoms with Gasteiger partial charge in [-0.15, -0.1) is 0 Å². The number of allylic oxidation sites excluding steroid dienone is 13. The lowest BCUT2D eigenvalue weighted by Crippen LogP contribution is -2.61. The van der Waals surface area contributed by atoms with E-state index in [0.29, 0.717) is 12.8 Å². The van der Waals surface area contributed by atoms with Gasteiger partial charge in [-0.3, -0.25) is 9.59 Å². The number of nitrogens with one attached hydrogen (secondary N) is 1. The van der Waals surface area contributed by atoms with Gasteiger partial charge in [0.1, 0.15) is 24.4 Å². The van der Waals surface area contributed by atoms with Crippen LogP contribution in [-0.2, 0) is 23.8 Å². The molecule has 1 aliphatic rings. The Hall–Kier alpha value is -3.16. The van der Waals surface area contributed by atoms with E-state index in [-0.39, 0.29) is 19.4 Å². The Morgan fingerprint density at radius 2 is 1.06 bits per heavy atom. The number of amides is 1. The maximum Gasteiger partial charge on any atom is 0.306 e. The van der Waals surface area contributed by atoms with E-state index in [1.54, 1.807) is 6.08 Å². The smallest absolute Gasteiger partial charge is 0.306 e. The molecular weight excluding hydrogens is 871 g/mol. The Morgan fingerprint density at radius 1 is 0.580 bits per heavy atom. The van der Waals surface area contributed by atoms with Crippen LogP contribution in [-0.4, -0.2) is 99.6 Å². The number of aliphatic hydroxyl groups excluding tert-OH is 5. The predicted molar refractivity (Wildman–Crippen MR) is 282 cm³/mol. The summed E-state index contributed by atoms with van der Waals surface area (Å²) in [6, 6.07) is -1.04. The number of rotatable bonds is 44. The highest BCUT2D eigenvalue weighted by Crippen LogP contribution is 2.26. The fourth-order valence-corrected chi connectivity index (χ4v) is 7.89. The number of carbonyl (C=O) groups excluding carboxylic acids is 2. The van der Waals surface area contributed by atoms with Gasteiger partial charge in [0.25, 0.3) is 0 Å². The van der Waals surface area contributed by atoms with Crippen LogP contribution in [0.2, 0.25) is 0 Å². The molecule has 1 fully saturated rings. The second-order valence-electron chi connectivity index (χ2n) is 18.6. The molecule has 1 heterocycles. The molecule has 1 rings (SSSR count). The first-order chi connectivity index (χ1) is 33.7. The van der Waals surface area contributed by atoms with Crippen LogP contribution in [0.4, 0.5) is 0 Å². The fraction of sp³-hybridized carbons (Fsp3) is 0.724. The Morgan fingerprint density at radius 3 is 1.62 bits per heavy atom. The summed E-state index contributed by atoms with van der Waals surface area (Å²) in [5, 5.41) is 56.6. The van der Waals surface area contributed by atoms with Crippen LogP contribution in [0.5, 0.6) is 0 Å². The molecule has 0 aromatic carbocycles. The molecule has 8 atom stereocenters. The molecule has 1 amide bonds. The van der Waals surface area contributed by atoms with Crippen molar-refractivity contribution in [3.05, 3.63) is 85.1 Å². The van der Waals surface area contributed by atoms with Crippen LogP contribution in [0.15, 0.2) is 85.1 Å². The second-order valence-corrected chi connectivity index (χ2v) is 18.6. The number of aliphatic hydroxyl groups is 5. The molecule has 1 aliphatic heterocycles. The van der Waals surface area contributed by atoms with Crippen LogP contribution in [0.1, 0.15) is 207 Å². The third-order valence-corrected chi connectivity index (χ3v) is 12.3. The molecule has 69 heavy (non-hydrogen) atoms. The summed E-state index contributed by atoms with van der Waals surface area (Å²) in [4.78, 5) is 26.3. The molecule has 11 nitrogen and oxygen atoms in total. The molecule has 8 unspecified atom stereocenters. The van der Waals surface area contributed by atoms with Gasteiger partial charge in [0.05, 0.1) is 25.4 Å². The summed E-state index contributed by atoms with van der Waals surface area (Å²) in [6.45, 7) is 5.56. The summed E-state index contributed by atoms with van der Waals surface area (Å²) in [5.74, 6) is -1.25. The third-order valence-electron chi connectivity index (χ3n) is 12.3. The zero-order valence-electron chi connectivity index (χ0n) is 43.4. The number of unbranched alkanes of at least 4 members (excludes halogenated alkanes) is 18. The first kappa shape index (κ1) is 63.9. The molecule has 6 N–H and O–H groups in total. The fourth-order valence-electron chi connectivity index (χ4n) is 7.89. The van der Waals surface area contributed by atoms with Crippen molar-refractivity contribution in [1.29, 1.82) is 0 Å². The van der Waals surface area contributed by atoms with Crippen LogP contribution < -0.4 is 5.32 Å². The summed E-state index contributed by atoms with van der Waals surface area (Å²) in [7, 11) is 0. The van der Waals surface area contributed by atoms with Crippen molar-refractivity contribution < 1.29 is 49.3 Å². The standard InChI is InChI=1S/C58H99NO10/c1-4-7-10-13-16-19-22-23-24-25-26-27-28-29-31-34-37-40-43-46-53(63)69-56-55(65)54(64)52(47-60)68-58(56)67-48-49(50(61)44-41-38-35-33-30-20-17-14-11-8-5-2)59-57(66)51(62)45-42-39-36-32-21-18-15-12-9-6-3/h7,10,15-16,18-19,23-24,26-27,29,31,41,44,49-52,54-56,58,60-62,64-65H,4-6,8-9,11-14,17,20-22,25,28,30,32-40,42-43,45-48H2,1-3H3,(H,59,66)/b10-7-,18-15-,19-16-,24-23-,27-26-,31-29-,44-41+. The lowest BCUT2D eigenvalue weighted by atomic mass is 9.99. The van der Waals surface area contributed by atoms with Gasteiger partial charge in [-0.05, 0) is 89.9 Å². The minimum absolute atomic E-state index is 0.0796. The zero-order chi connectivity index (χ0) is 50.4. The van der Waals surface area contributed by atoms with Crippen molar-refractivity contribution in [2.75, 3.05) is 13.2 Å². The maximum absolute atomic E-state index is 13.3. The van der Waals surface area contributed by atoms with Crippen LogP contribution in [0.25, 0.3) is 0 Å². The molecule has 0 spiro atoms. The maximum atomic E-state index is 13.3. The number of ether oxygens (including phenoxy) is 3. The van der Waals surface area contributed by atoms with Crippen molar-refractivity contribution in [1.82, 2.24) is 5.32 Å². The molecular formula is C58H99NO10. The number of esters is 1. The summed E-state index contributed by atoms with van der Waals surface area (Å²) in [5.41, 5.74) is 0. The van der Waals surface area contributed by atoms with Gasteiger partial charge in [-0.2, -0.15) is 0 Å². The van der Waals surface area contributed by atoms with Gasteiger partial charge in [0.2, 0.25) is 5.91 Å². The quantitative estimate of drug-likeness (QED) is 0.0196. The van der Waals surface area contributed by atoms with E-state index in [4.69, 9.17) is 14.2 Å². The number of carbonyl (C=O) groups is 2. The summed E-state index contributed by atoms with van der Waals surface area (Å²) < 4.78 is 17.5. The van der Waals surface area contributed by atoms with E-state index in [9.17, 15) is 35.1 Å². The average Bonchev–Trinajstić information content (AvgIpc) is 3.34. The van der Waals surface area contributed by atoms with Crippen LogP contribution in [0.3, 0.4) is 0 Å². The van der Waals surface area contributed by atoms with Gasteiger partial charge >= 0.3 is 5.97 Å². The highest BCUT2D eigenvalue weighted by atomic mass is 16.7. The largest absolute Gasteiger partial charge is 0.454 e. The van der Waals surface area contributed by atoms with Gasteiger partial charge in [-0.25, -0.2) is 0 Å². The van der Waals surface area contributed by atoms with Crippen LogP contribution >= 0.6 is 0 Å². The Kier molecular flexibility index (Phi) is 42.5. The number of hydrogen-bond acceptors (Lipinski definition) is 10. The van der Waals surface area contributed by atoms with Gasteiger partial charge in [-0.1, -0.05) is 196 Å². The van der Waals surface area contributed by atoms with E-state index in [2.05, 4.69) is 99.0 Å². The molecule has 396 valence electrons. The van der Waals surface area contributed by atoms with E-state index in [0.717, 1.165) is 109 Å². The minimum atomic E-state index is -1.63. The molecule has 0 aliphatic carbocycles. The van der Waals surface area contributed by atoms with Crippen molar-refractivity contribution in [3.63, 3.8) is 0 Å². The lowest BCUT2D eigenvalue weighted by molar-refractivity contribution is -0.305. The van der Waals surface area contributed by atoms with Crippen molar-refractivity contribution in [2.45, 2.75) is 256 Å². The molecule has 1 saturated heterocycles. The van der Waals surface area contributed by atoms with Crippen molar-refractivity contribution in [2.24, 2.45) is 0 Å².